The zero-order chi connectivity index (χ0) is 12.5. The summed E-state index contributed by atoms with van der Waals surface area (Å²) in [5.74, 6) is 0. The van der Waals surface area contributed by atoms with Crippen LogP contribution in [0, 0.1) is 0 Å². The van der Waals surface area contributed by atoms with Gasteiger partial charge in [-0.15, -0.1) is 0 Å². The first kappa shape index (κ1) is 13.0. The standard InChI is InChI=1S/C13H21F2NO/c1-3-10(2)17-9-13-5-4-6-16(13)8-11(7-13)12(14)15/h10H,3-9H2,1-2H3. The Morgan fingerprint density at radius 1 is 1.53 bits per heavy atom. The van der Waals surface area contributed by atoms with Crippen molar-refractivity contribution in [1.29, 1.82) is 0 Å². The van der Waals surface area contributed by atoms with Gasteiger partial charge in [0.25, 0.3) is 6.08 Å². The molecule has 0 N–H and O–H groups in total. The van der Waals surface area contributed by atoms with Gasteiger partial charge in [-0.25, -0.2) is 0 Å². The number of rotatable bonds is 4. The van der Waals surface area contributed by atoms with Gasteiger partial charge in [-0.05, 0) is 39.2 Å². The molecule has 0 bridgehead atoms. The lowest BCUT2D eigenvalue weighted by atomic mass is 9.93. The highest BCUT2D eigenvalue weighted by Crippen LogP contribution is 2.42. The zero-order valence-electron chi connectivity index (χ0n) is 10.6. The molecule has 0 aromatic rings. The smallest absolute Gasteiger partial charge is 0.270 e. The van der Waals surface area contributed by atoms with Crippen molar-refractivity contribution in [2.75, 3.05) is 19.7 Å². The van der Waals surface area contributed by atoms with Crippen LogP contribution in [-0.2, 0) is 4.74 Å². The van der Waals surface area contributed by atoms with Crippen molar-refractivity contribution in [2.45, 2.75) is 51.2 Å². The molecule has 17 heavy (non-hydrogen) atoms. The van der Waals surface area contributed by atoms with Gasteiger partial charge in [-0.3, -0.25) is 4.90 Å². The van der Waals surface area contributed by atoms with Crippen molar-refractivity contribution in [1.82, 2.24) is 4.90 Å². The first-order chi connectivity index (χ1) is 8.07. The first-order valence-electron chi connectivity index (χ1n) is 6.47. The van der Waals surface area contributed by atoms with Gasteiger partial charge in [-0.1, -0.05) is 6.92 Å². The minimum atomic E-state index is -1.48. The molecule has 2 rings (SSSR count). The van der Waals surface area contributed by atoms with Crippen LogP contribution < -0.4 is 0 Å². The molecule has 0 radical (unpaired) electrons. The fraction of sp³-hybridized carbons (Fsp3) is 0.846. The number of hydrogen-bond donors (Lipinski definition) is 0. The van der Waals surface area contributed by atoms with E-state index in [2.05, 4.69) is 11.8 Å². The Morgan fingerprint density at radius 3 is 2.94 bits per heavy atom. The molecular weight excluding hydrogens is 224 g/mol. The number of ether oxygens (including phenoxy) is 1. The molecule has 0 aliphatic carbocycles. The van der Waals surface area contributed by atoms with Crippen LogP contribution in [0.4, 0.5) is 8.78 Å². The molecule has 2 heterocycles. The van der Waals surface area contributed by atoms with Gasteiger partial charge >= 0.3 is 0 Å². The van der Waals surface area contributed by atoms with Crippen molar-refractivity contribution >= 4 is 0 Å². The summed E-state index contributed by atoms with van der Waals surface area (Å²) in [6.07, 6.45) is 2.28. The molecule has 0 aromatic carbocycles. The van der Waals surface area contributed by atoms with E-state index in [1.54, 1.807) is 0 Å². The van der Waals surface area contributed by atoms with Crippen molar-refractivity contribution in [2.24, 2.45) is 0 Å². The summed E-state index contributed by atoms with van der Waals surface area (Å²) >= 11 is 0. The Bertz CT molecular complexity index is 315. The monoisotopic (exact) mass is 245 g/mol. The third-order valence-corrected chi connectivity index (χ3v) is 4.14. The summed E-state index contributed by atoms with van der Waals surface area (Å²) in [5, 5.41) is 0. The summed E-state index contributed by atoms with van der Waals surface area (Å²) in [6, 6.07) is 0. The van der Waals surface area contributed by atoms with E-state index in [4.69, 9.17) is 4.74 Å². The van der Waals surface area contributed by atoms with Gasteiger partial charge in [0.2, 0.25) is 0 Å². The van der Waals surface area contributed by atoms with E-state index in [1.807, 2.05) is 6.92 Å². The van der Waals surface area contributed by atoms with Gasteiger partial charge in [-0.2, -0.15) is 8.78 Å². The van der Waals surface area contributed by atoms with Crippen LogP contribution in [-0.4, -0.2) is 36.2 Å². The van der Waals surface area contributed by atoms with Gasteiger partial charge in [0.15, 0.2) is 0 Å². The van der Waals surface area contributed by atoms with E-state index >= 15 is 0 Å². The quantitative estimate of drug-likeness (QED) is 0.754. The maximum atomic E-state index is 12.7. The fourth-order valence-corrected chi connectivity index (χ4v) is 2.88. The number of fused-ring (bicyclic) bond motifs is 1. The van der Waals surface area contributed by atoms with E-state index < -0.39 is 6.08 Å². The van der Waals surface area contributed by atoms with Gasteiger partial charge in [0.05, 0.1) is 12.7 Å². The molecule has 2 saturated heterocycles. The average molecular weight is 245 g/mol. The van der Waals surface area contributed by atoms with Crippen LogP contribution >= 0.6 is 0 Å². The lowest BCUT2D eigenvalue weighted by Crippen LogP contribution is -2.43. The minimum Gasteiger partial charge on any atom is -0.377 e. The third kappa shape index (κ3) is 2.52. The van der Waals surface area contributed by atoms with E-state index in [0.29, 0.717) is 25.1 Å². The topological polar surface area (TPSA) is 12.5 Å². The summed E-state index contributed by atoms with van der Waals surface area (Å²) < 4.78 is 31.2. The Hall–Kier alpha value is -0.480. The molecule has 4 heteroatoms. The Kier molecular flexibility index (Phi) is 3.83. The van der Waals surface area contributed by atoms with E-state index in [-0.39, 0.29) is 11.6 Å². The molecule has 2 unspecified atom stereocenters. The van der Waals surface area contributed by atoms with Crippen molar-refractivity contribution in [3.8, 4) is 0 Å². The largest absolute Gasteiger partial charge is 0.377 e. The van der Waals surface area contributed by atoms with Crippen LogP contribution in [0.2, 0.25) is 0 Å². The molecular formula is C13H21F2NO. The predicted octanol–water partition coefficient (Wildman–Crippen LogP) is 3.19. The number of halogens is 2. The van der Waals surface area contributed by atoms with Crippen LogP contribution in [0.5, 0.6) is 0 Å². The van der Waals surface area contributed by atoms with E-state index in [9.17, 15) is 8.78 Å². The molecule has 2 nitrogen and oxygen atoms in total. The average Bonchev–Trinajstić information content (AvgIpc) is 2.82. The third-order valence-electron chi connectivity index (χ3n) is 4.14. The van der Waals surface area contributed by atoms with Gasteiger partial charge in [0, 0.05) is 17.7 Å². The van der Waals surface area contributed by atoms with Crippen molar-refractivity contribution in [3.05, 3.63) is 11.7 Å². The summed E-state index contributed by atoms with van der Waals surface area (Å²) in [4.78, 5) is 2.18. The van der Waals surface area contributed by atoms with Crippen LogP contribution in [0.3, 0.4) is 0 Å². The maximum absolute atomic E-state index is 12.7. The zero-order valence-corrected chi connectivity index (χ0v) is 10.6. The van der Waals surface area contributed by atoms with Gasteiger partial charge in [0.1, 0.15) is 0 Å². The second kappa shape index (κ2) is 5.02. The van der Waals surface area contributed by atoms with E-state index in [1.165, 1.54) is 0 Å². The summed E-state index contributed by atoms with van der Waals surface area (Å²) in [6.45, 7) is 6.08. The molecule has 2 aliphatic heterocycles. The van der Waals surface area contributed by atoms with Crippen molar-refractivity contribution in [3.63, 3.8) is 0 Å². The highest BCUT2D eigenvalue weighted by molar-refractivity contribution is 5.21. The molecule has 2 fully saturated rings. The Balaban J connectivity index is 2.04. The normalized spacial score (nSPS) is 30.7. The van der Waals surface area contributed by atoms with E-state index in [0.717, 1.165) is 25.8 Å². The fourth-order valence-electron chi connectivity index (χ4n) is 2.88. The number of nitrogens with zero attached hydrogens (tertiary/aromatic N) is 1. The molecule has 0 spiro atoms. The second-order valence-corrected chi connectivity index (χ2v) is 5.32. The van der Waals surface area contributed by atoms with Gasteiger partial charge < -0.3 is 4.74 Å². The molecule has 0 aromatic heterocycles. The molecule has 98 valence electrons. The highest BCUT2D eigenvalue weighted by atomic mass is 19.3. The lowest BCUT2D eigenvalue weighted by Gasteiger charge is -2.32. The SMILES string of the molecule is CCC(C)OCC12CCCN1CC(=C(F)F)C2. The minimum absolute atomic E-state index is 0.137. The Morgan fingerprint density at radius 2 is 2.29 bits per heavy atom. The molecule has 0 saturated carbocycles. The molecule has 2 atom stereocenters. The molecule has 2 aliphatic rings. The van der Waals surface area contributed by atoms with Crippen LogP contribution in [0.15, 0.2) is 11.7 Å². The van der Waals surface area contributed by atoms with Crippen LogP contribution in [0.25, 0.3) is 0 Å². The van der Waals surface area contributed by atoms with Crippen LogP contribution in [0.1, 0.15) is 39.5 Å². The molecule has 0 amide bonds. The summed E-state index contributed by atoms with van der Waals surface area (Å²) in [5.41, 5.74) is 0.180. The predicted molar refractivity (Wildman–Crippen MR) is 63.1 cm³/mol. The Labute approximate surface area is 102 Å². The number of hydrogen-bond acceptors (Lipinski definition) is 2. The first-order valence-corrected chi connectivity index (χ1v) is 6.47. The highest BCUT2D eigenvalue weighted by Gasteiger charge is 2.47. The second-order valence-electron chi connectivity index (χ2n) is 5.32. The van der Waals surface area contributed by atoms with Crippen molar-refractivity contribution < 1.29 is 13.5 Å². The maximum Gasteiger partial charge on any atom is 0.270 e. The summed E-state index contributed by atoms with van der Waals surface area (Å²) in [7, 11) is 0. The lowest BCUT2D eigenvalue weighted by molar-refractivity contribution is -0.00562.